The highest BCUT2D eigenvalue weighted by molar-refractivity contribution is 6.02. The lowest BCUT2D eigenvalue weighted by Crippen LogP contribution is -2.10. The number of hydrogen-bond donors (Lipinski definition) is 4. The monoisotopic (exact) mass is 325 g/mol. The number of imidazole rings is 1. The summed E-state index contributed by atoms with van der Waals surface area (Å²) in [4.78, 5) is 30.1. The number of nitrogens with zero attached hydrogens (tertiary/aromatic N) is 2. The minimum absolute atomic E-state index is 0.0363. The molecule has 3 rings (SSSR count). The van der Waals surface area contributed by atoms with E-state index in [1.54, 1.807) is 24.3 Å². The minimum Gasteiger partial charge on any atom is -0.481 e. The average molecular weight is 325 g/mol. The number of fused-ring (bicyclic) bond motifs is 1. The van der Waals surface area contributed by atoms with E-state index in [0.29, 0.717) is 22.5 Å². The third-order valence-corrected chi connectivity index (χ3v) is 3.63. The molecule has 1 aromatic carbocycles. The van der Waals surface area contributed by atoms with Crippen molar-refractivity contribution in [2.75, 3.05) is 0 Å². The Morgan fingerprint density at radius 1 is 1.33 bits per heavy atom. The van der Waals surface area contributed by atoms with Crippen LogP contribution in [-0.2, 0) is 11.2 Å². The Labute approximate surface area is 136 Å². The second kappa shape index (κ2) is 5.99. The topological polar surface area (TPSA) is 138 Å². The third kappa shape index (κ3) is 3.02. The van der Waals surface area contributed by atoms with Gasteiger partial charge in [0.1, 0.15) is 17.9 Å². The number of aromatic amines is 1. The van der Waals surface area contributed by atoms with Gasteiger partial charge in [-0.3, -0.25) is 19.6 Å². The van der Waals surface area contributed by atoms with Gasteiger partial charge < -0.3 is 15.8 Å². The molecule has 0 saturated heterocycles. The number of nitrogen functional groups attached to an aromatic ring is 1. The molecule has 0 saturated carbocycles. The SMILES string of the molecule is N=C(N)c1ccc2cc(C(=O)n3cnc(CCC(=O)O)c3)[nH]c2c1. The Kier molecular flexibility index (Phi) is 3.87. The molecule has 0 radical (unpaired) electrons. The number of benzene rings is 1. The van der Waals surface area contributed by atoms with Crippen LogP contribution in [0, 0.1) is 5.41 Å². The molecule has 2 heterocycles. The summed E-state index contributed by atoms with van der Waals surface area (Å²) < 4.78 is 1.31. The van der Waals surface area contributed by atoms with Gasteiger partial charge in [-0.2, -0.15) is 0 Å². The van der Waals surface area contributed by atoms with Crippen LogP contribution in [0.1, 0.15) is 28.2 Å². The molecule has 0 amide bonds. The van der Waals surface area contributed by atoms with E-state index in [-0.39, 0.29) is 24.6 Å². The molecule has 0 bridgehead atoms. The lowest BCUT2D eigenvalue weighted by atomic mass is 10.1. The van der Waals surface area contributed by atoms with Crippen molar-refractivity contribution in [1.29, 1.82) is 5.41 Å². The van der Waals surface area contributed by atoms with Crippen molar-refractivity contribution >= 4 is 28.6 Å². The Morgan fingerprint density at radius 2 is 2.12 bits per heavy atom. The van der Waals surface area contributed by atoms with Crippen LogP contribution in [-0.4, -0.2) is 37.4 Å². The number of hydrogen-bond acceptors (Lipinski definition) is 4. The third-order valence-electron chi connectivity index (χ3n) is 3.63. The summed E-state index contributed by atoms with van der Waals surface area (Å²) in [7, 11) is 0. The fourth-order valence-electron chi connectivity index (χ4n) is 2.39. The quantitative estimate of drug-likeness (QED) is 0.414. The van der Waals surface area contributed by atoms with Gasteiger partial charge >= 0.3 is 5.97 Å². The summed E-state index contributed by atoms with van der Waals surface area (Å²) in [5, 5.41) is 17.0. The van der Waals surface area contributed by atoms with Crippen molar-refractivity contribution in [2.24, 2.45) is 5.73 Å². The lowest BCUT2D eigenvalue weighted by Gasteiger charge is -1.98. The highest BCUT2D eigenvalue weighted by atomic mass is 16.4. The number of H-pyrrole nitrogens is 1. The van der Waals surface area contributed by atoms with Crippen LogP contribution in [0.15, 0.2) is 36.8 Å². The zero-order chi connectivity index (χ0) is 17.3. The van der Waals surface area contributed by atoms with Crippen molar-refractivity contribution < 1.29 is 14.7 Å². The normalized spacial score (nSPS) is 10.8. The fourth-order valence-corrected chi connectivity index (χ4v) is 2.39. The van der Waals surface area contributed by atoms with E-state index in [2.05, 4.69) is 9.97 Å². The van der Waals surface area contributed by atoms with Crippen molar-refractivity contribution in [3.8, 4) is 0 Å². The van der Waals surface area contributed by atoms with Gasteiger partial charge in [0.15, 0.2) is 0 Å². The number of amidine groups is 1. The van der Waals surface area contributed by atoms with Crippen LogP contribution in [0.2, 0.25) is 0 Å². The van der Waals surface area contributed by atoms with E-state index in [9.17, 15) is 9.59 Å². The molecule has 122 valence electrons. The maximum Gasteiger partial charge on any atom is 0.303 e. The molecule has 0 atom stereocenters. The van der Waals surface area contributed by atoms with E-state index in [0.717, 1.165) is 5.39 Å². The largest absolute Gasteiger partial charge is 0.481 e. The van der Waals surface area contributed by atoms with Gasteiger partial charge in [0, 0.05) is 29.1 Å². The number of aryl methyl sites for hydroxylation is 1. The number of carboxylic acids is 1. The molecule has 0 aliphatic carbocycles. The van der Waals surface area contributed by atoms with E-state index in [1.165, 1.54) is 17.1 Å². The second-order valence-corrected chi connectivity index (χ2v) is 5.37. The Morgan fingerprint density at radius 3 is 2.83 bits per heavy atom. The Hall–Kier alpha value is -3.42. The van der Waals surface area contributed by atoms with E-state index in [4.69, 9.17) is 16.2 Å². The van der Waals surface area contributed by atoms with Crippen LogP contribution in [0.5, 0.6) is 0 Å². The molecule has 0 aliphatic rings. The summed E-state index contributed by atoms with van der Waals surface area (Å²) in [6.07, 6.45) is 3.12. The molecule has 24 heavy (non-hydrogen) atoms. The van der Waals surface area contributed by atoms with Crippen molar-refractivity contribution in [2.45, 2.75) is 12.8 Å². The van der Waals surface area contributed by atoms with Gasteiger partial charge in [-0.15, -0.1) is 0 Å². The average Bonchev–Trinajstić information content (AvgIpc) is 3.18. The summed E-state index contributed by atoms with van der Waals surface area (Å²) in [6.45, 7) is 0. The first-order chi connectivity index (χ1) is 11.4. The standard InChI is InChI=1S/C16H15N5O3/c17-15(18)10-2-1-9-5-13(20-12(9)6-10)16(24)21-7-11(19-8-21)3-4-14(22)23/h1-2,5-8,20H,3-4H2,(H3,17,18)(H,22,23). The number of aliphatic carboxylic acids is 1. The number of carbonyl (C=O) groups is 2. The van der Waals surface area contributed by atoms with E-state index < -0.39 is 5.97 Å². The Balaban J connectivity index is 1.85. The number of rotatable bonds is 5. The number of nitrogens with one attached hydrogen (secondary N) is 2. The number of carboxylic acid groups (broad SMARTS) is 1. The zero-order valence-corrected chi connectivity index (χ0v) is 12.6. The van der Waals surface area contributed by atoms with Crippen LogP contribution in [0.25, 0.3) is 10.9 Å². The first-order valence-electron chi connectivity index (χ1n) is 7.20. The highest BCUT2D eigenvalue weighted by Gasteiger charge is 2.13. The smallest absolute Gasteiger partial charge is 0.303 e. The molecule has 0 fully saturated rings. The summed E-state index contributed by atoms with van der Waals surface area (Å²) >= 11 is 0. The predicted octanol–water partition coefficient (Wildman–Crippen LogP) is 1.35. The number of nitrogens with two attached hydrogens (primary N) is 1. The molecular formula is C16H15N5O3. The first-order valence-corrected chi connectivity index (χ1v) is 7.20. The van der Waals surface area contributed by atoms with E-state index >= 15 is 0 Å². The first kappa shape index (κ1) is 15.5. The summed E-state index contributed by atoms with van der Waals surface area (Å²) in [5.41, 5.74) is 7.65. The van der Waals surface area contributed by atoms with E-state index in [1.807, 2.05) is 0 Å². The second-order valence-electron chi connectivity index (χ2n) is 5.37. The van der Waals surface area contributed by atoms with Gasteiger partial charge in [0.05, 0.1) is 12.1 Å². The van der Waals surface area contributed by atoms with Crippen LogP contribution in [0.4, 0.5) is 0 Å². The maximum atomic E-state index is 12.5. The van der Waals surface area contributed by atoms with Crippen molar-refractivity contribution in [3.05, 3.63) is 53.7 Å². The molecule has 8 heteroatoms. The molecule has 8 nitrogen and oxygen atoms in total. The summed E-state index contributed by atoms with van der Waals surface area (Å²) in [6, 6.07) is 6.92. The predicted molar refractivity (Wildman–Crippen MR) is 87.2 cm³/mol. The number of aromatic nitrogens is 3. The van der Waals surface area contributed by atoms with Crippen molar-refractivity contribution in [1.82, 2.24) is 14.5 Å². The molecule has 0 spiro atoms. The fraction of sp³-hybridized carbons (Fsp3) is 0.125. The van der Waals surface area contributed by atoms with Crippen LogP contribution < -0.4 is 5.73 Å². The van der Waals surface area contributed by atoms with Crippen molar-refractivity contribution in [3.63, 3.8) is 0 Å². The molecular weight excluding hydrogens is 310 g/mol. The molecule has 0 aliphatic heterocycles. The van der Waals surface area contributed by atoms with Crippen LogP contribution >= 0.6 is 0 Å². The molecule has 5 N–H and O–H groups in total. The number of carbonyl (C=O) groups excluding carboxylic acids is 1. The minimum atomic E-state index is -0.909. The Bertz CT molecular complexity index is 954. The van der Waals surface area contributed by atoms with Gasteiger partial charge in [0.2, 0.25) is 0 Å². The summed E-state index contributed by atoms with van der Waals surface area (Å²) in [5.74, 6) is -1.26. The van der Waals surface area contributed by atoms with Gasteiger partial charge in [0.25, 0.3) is 5.91 Å². The highest BCUT2D eigenvalue weighted by Crippen LogP contribution is 2.18. The lowest BCUT2D eigenvalue weighted by molar-refractivity contribution is -0.136. The van der Waals surface area contributed by atoms with Gasteiger partial charge in [-0.25, -0.2) is 4.98 Å². The maximum absolute atomic E-state index is 12.5. The van der Waals surface area contributed by atoms with Gasteiger partial charge in [-0.1, -0.05) is 12.1 Å². The van der Waals surface area contributed by atoms with Gasteiger partial charge in [-0.05, 0) is 12.1 Å². The zero-order valence-electron chi connectivity index (χ0n) is 12.6. The molecule has 0 unspecified atom stereocenters. The van der Waals surface area contributed by atoms with Crippen LogP contribution in [0.3, 0.4) is 0 Å². The molecule has 3 aromatic rings. The molecule has 2 aromatic heterocycles.